The Hall–Kier alpha value is -3.09. The summed E-state index contributed by atoms with van der Waals surface area (Å²) in [5, 5.41) is 0.440. The summed E-state index contributed by atoms with van der Waals surface area (Å²) in [6, 6.07) is 13.8. The largest absolute Gasteiger partial charge is 0.495 e. The fourth-order valence-electron chi connectivity index (χ4n) is 3.23. The number of amides is 2. The van der Waals surface area contributed by atoms with Crippen molar-refractivity contribution < 1.29 is 18.7 Å². The summed E-state index contributed by atoms with van der Waals surface area (Å²) in [7, 11) is 1.46. The third-order valence-corrected chi connectivity index (χ3v) is 5.41. The summed E-state index contributed by atoms with van der Waals surface area (Å²) in [5.74, 6) is -1.52. The monoisotopic (exact) mass is 460 g/mol. The van der Waals surface area contributed by atoms with Crippen LogP contribution in [0, 0.1) is 5.82 Å². The maximum Gasteiger partial charge on any atom is 0.262 e. The van der Waals surface area contributed by atoms with Crippen LogP contribution in [-0.2, 0) is 0 Å². The molecule has 0 fully saturated rings. The van der Waals surface area contributed by atoms with Crippen LogP contribution in [0.15, 0.2) is 54.6 Å². The summed E-state index contributed by atoms with van der Waals surface area (Å²) in [4.78, 5) is 26.0. The molecule has 160 valence electrons. The fraction of sp³-hybridized carbons (Fsp3) is 0.130. The molecule has 0 radical (unpaired) electrons. The fourth-order valence-corrected chi connectivity index (χ4v) is 3.70. The van der Waals surface area contributed by atoms with Gasteiger partial charge in [-0.3, -0.25) is 9.59 Å². The van der Waals surface area contributed by atoms with Gasteiger partial charge in [-0.1, -0.05) is 35.3 Å². The van der Waals surface area contributed by atoms with Crippen LogP contribution in [0.5, 0.6) is 5.75 Å². The SMILES string of the molecule is CCN(C(=O)c1c(F)cccc1Cl)c1ccc(-c2cc(C(N)=O)ccc2Cl)cc1OC. The van der Waals surface area contributed by atoms with Crippen molar-refractivity contribution in [2.24, 2.45) is 5.73 Å². The maximum absolute atomic E-state index is 14.3. The molecule has 31 heavy (non-hydrogen) atoms. The molecule has 3 rings (SSSR count). The molecule has 3 aromatic rings. The van der Waals surface area contributed by atoms with E-state index in [1.807, 2.05) is 0 Å². The van der Waals surface area contributed by atoms with Crippen molar-refractivity contribution in [1.29, 1.82) is 0 Å². The van der Waals surface area contributed by atoms with E-state index in [4.69, 9.17) is 33.7 Å². The van der Waals surface area contributed by atoms with Crippen molar-refractivity contribution in [2.45, 2.75) is 6.92 Å². The highest BCUT2D eigenvalue weighted by atomic mass is 35.5. The number of primary amides is 1. The first kappa shape index (κ1) is 22.6. The number of nitrogens with two attached hydrogens (primary N) is 1. The zero-order valence-electron chi connectivity index (χ0n) is 16.8. The first-order valence-electron chi connectivity index (χ1n) is 9.32. The number of halogens is 3. The normalized spacial score (nSPS) is 10.6. The number of carbonyl (C=O) groups is 2. The van der Waals surface area contributed by atoms with Gasteiger partial charge in [0.1, 0.15) is 11.6 Å². The number of ether oxygens (including phenoxy) is 1. The molecule has 2 amide bonds. The third kappa shape index (κ3) is 4.50. The van der Waals surface area contributed by atoms with Crippen molar-refractivity contribution in [1.82, 2.24) is 0 Å². The highest BCUT2D eigenvalue weighted by Gasteiger charge is 2.25. The molecule has 0 saturated heterocycles. The molecule has 0 spiro atoms. The molecule has 0 unspecified atom stereocenters. The molecule has 0 aliphatic rings. The van der Waals surface area contributed by atoms with Crippen LogP contribution in [0.3, 0.4) is 0 Å². The maximum atomic E-state index is 14.3. The lowest BCUT2D eigenvalue weighted by atomic mass is 10.0. The van der Waals surface area contributed by atoms with Gasteiger partial charge in [-0.05, 0) is 55.0 Å². The number of hydrogen-bond acceptors (Lipinski definition) is 3. The Morgan fingerprint density at radius 2 is 1.81 bits per heavy atom. The van der Waals surface area contributed by atoms with E-state index in [9.17, 15) is 14.0 Å². The molecular weight excluding hydrogens is 442 g/mol. The van der Waals surface area contributed by atoms with Gasteiger partial charge in [0.25, 0.3) is 5.91 Å². The molecule has 0 aromatic heterocycles. The van der Waals surface area contributed by atoms with E-state index in [1.54, 1.807) is 37.3 Å². The van der Waals surface area contributed by atoms with Gasteiger partial charge in [-0.2, -0.15) is 0 Å². The predicted molar refractivity (Wildman–Crippen MR) is 121 cm³/mol. The first-order valence-corrected chi connectivity index (χ1v) is 10.1. The summed E-state index contributed by atoms with van der Waals surface area (Å²) in [6.45, 7) is 2.00. The average Bonchev–Trinajstić information content (AvgIpc) is 2.74. The second kappa shape index (κ2) is 9.37. The van der Waals surface area contributed by atoms with Gasteiger partial charge in [0, 0.05) is 22.7 Å². The molecule has 0 aliphatic heterocycles. The Morgan fingerprint density at radius 3 is 2.42 bits per heavy atom. The minimum atomic E-state index is -0.707. The summed E-state index contributed by atoms with van der Waals surface area (Å²) >= 11 is 12.4. The van der Waals surface area contributed by atoms with Gasteiger partial charge in [-0.25, -0.2) is 4.39 Å². The van der Waals surface area contributed by atoms with Crippen LogP contribution >= 0.6 is 23.2 Å². The van der Waals surface area contributed by atoms with Crippen LogP contribution in [-0.4, -0.2) is 25.5 Å². The van der Waals surface area contributed by atoms with Crippen molar-refractivity contribution >= 4 is 40.7 Å². The molecule has 2 N–H and O–H groups in total. The van der Waals surface area contributed by atoms with Crippen molar-refractivity contribution in [3.63, 3.8) is 0 Å². The number of hydrogen-bond donors (Lipinski definition) is 1. The molecule has 0 saturated carbocycles. The average molecular weight is 461 g/mol. The van der Waals surface area contributed by atoms with Gasteiger partial charge in [0.15, 0.2) is 0 Å². The van der Waals surface area contributed by atoms with Gasteiger partial charge in [-0.15, -0.1) is 0 Å². The highest BCUT2D eigenvalue weighted by Crippen LogP contribution is 2.37. The number of methoxy groups -OCH3 is 1. The van der Waals surface area contributed by atoms with E-state index in [0.717, 1.165) is 0 Å². The number of nitrogens with zero attached hydrogens (tertiary/aromatic N) is 1. The van der Waals surface area contributed by atoms with Gasteiger partial charge >= 0.3 is 0 Å². The molecule has 0 bridgehead atoms. The lowest BCUT2D eigenvalue weighted by molar-refractivity contribution is 0.0980. The first-order chi connectivity index (χ1) is 14.8. The Morgan fingerprint density at radius 1 is 1.06 bits per heavy atom. The van der Waals surface area contributed by atoms with Crippen molar-refractivity contribution in [2.75, 3.05) is 18.6 Å². The number of carbonyl (C=O) groups excluding carboxylic acids is 2. The molecular formula is C23H19Cl2FN2O3. The molecule has 5 nitrogen and oxygen atoms in total. The summed E-state index contributed by atoms with van der Waals surface area (Å²) in [6.07, 6.45) is 0. The van der Waals surface area contributed by atoms with Gasteiger partial charge < -0.3 is 15.4 Å². The van der Waals surface area contributed by atoms with Crippen LogP contribution in [0.4, 0.5) is 10.1 Å². The van der Waals surface area contributed by atoms with E-state index in [1.165, 1.54) is 36.3 Å². The third-order valence-electron chi connectivity index (χ3n) is 4.77. The van der Waals surface area contributed by atoms with Crippen LogP contribution < -0.4 is 15.4 Å². The zero-order valence-corrected chi connectivity index (χ0v) is 18.3. The molecule has 0 aliphatic carbocycles. The van der Waals surface area contributed by atoms with E-state index in [2.05, 4.69) is 0 Å². The minimum Gasteiger partial charge on any atom is -0.495 e. The van der Waals surface area contributed by atoms with Gasteiger partial charge in [0.05, 0.1) is 23.4 Å². The van der Waals surface area contributed by atoms with E-state index in [-0.39, 0.29) is 17.1 Å². The van der Waals surface area contributed by atoms with Crippen LogP contribution in [0.2, 0.25) is 10.0 Å². The summed E-state index contributed by atoms with van der Waals surface area (Å²) < 4.78 is 19.8. The van der Waals surface area contributed by atoms with Crippen LogP contribution in [0.25, 0.3) is 11.1 Å². The van der Waals surface area contributed by atoms with E-state index in [0.29, 0.717) is 33.1 Å². The summed E-state index contributed by atoms with van der Waals surface area (Å²) in [5.41, 5.74) is 7.13. The lowest BCUT2D eigenvalue weighted by Gasteiger charge is -2.24. The molecule has 3 aromatic carbocycles. The second-order valence-electron chi connectivity index (χ2n) is 6.59. The lowest BCUT2D eigenvalue weighted by Crippen LogP contribution is -2.32. The molecule has 0 atom stereocenters. The quantitative estimate of drug-likeness (QED) is 0.522. The molecule has 0 heterocycles. The Bertz CT molecular complexity index is 1150. The predicted octanol–water partition coefficient (Wildman–Crippen LogP) is 5.57. The topological polar surface area (TPSA) is 72.6 Å². The Balaban J connectivity index is 2.08. The highest BCUT2D eigenvalue weighted by molar-refractivity contribution is 6.34. The van der Waals surface area contributed by atoms with Gasteiger partial charge in [0.2, 0.25) is 5.91 Å². The second-order valence-corrected chi connectivity index (χ2v) is 7.41. The standard InChI is InChI=1S/C23H19Cl2FN2O3/c1-3-28(23(30)21-17(25)5-4-6-18(21)26)19-10-8-13(12-20(19)31-2)15-11-14(22(27)29)7-9-16(15)24/h4-12H,3H2,1-2H3,(H2,27,29). The smallest absolute Gasteiger partial charge is 0.262 e. The van der Waals surface area contributed by atoms with E-state index >= 15 is 0 Å². The van der Waals surface area contributed by atoms with Crippen molar-refractivity contribution in [3.05, 3.63) is 81.6 Å². The number of anilines is 1. The zero-order chi connectivity index (χ0) is 22.7. The molecule has 8 heteroatoms. The van der Waals surface area contributed by atoms with Crippen LogP contribution in [0.1, 0.15) is 27.6 Å². The van der Waals surface area contributed by atoms with Crippen molar-refractivity contribution in [3.8, 4) is 16.9 Å². The minimum absolute atomic E-state index is 0.0223. The Kier molecular flexibility index (Phi) is 6.83. The number of benzene rings is 3. The number of rotatable bonds is 6. The van der Waals surface area contributed by atoms with E-state index < -0.39 is 17.6 Å². The Labute approximate surface area is 189 Å².